The van der Waals surface area contributed by atoms with Crippen molar-refractivity contribution in [3.8, 4) is 6.07 Å². The molecule has 0 aromatic carbocycles. The normalized spacial score (nSPS) is 43.8. The van der Waals surface area contributed by atoms with Crippen molar-refractivity contribution in [3.05, 3.63) is 0 Å². The predicted molar refractivity (Wildman–Crippen MR) is 79.5 cm³/mol. The Morgan fingerprint density at radius 2 is 2.00 bits per heavy atom. The van der Waals surface area contributed by atoms with Gasteiger partial charge in [0.05, 0.1) is 0 Å². The smallest absolute Gasteiger partial charge is 0.302 e. The van der Waals surface area contributed by atoms with Gasteiger partial charge in [-0.1, -0.05) is 27.2 Å². The van der Waals surface area contributed by atoms with E-state index in [1.165, 1.54) is 6.92 Å². The molecular formula is C17H26FNO3. The Balaban J connectivity index is 2.50. The maximum atomic E-state index is 16.1. The second kappa shape index (κ2) is 5.19. The molecule has 0 radical (unpaired) electrons. The Morgan fingerprint density at radius 1 is 1.36 bits per heavy atom. The number of fused-ring (bicyclic) bond motifs is 1. The molecule has 2 rings (SSSR count). The molecule has 1 N–H and O–H groups in total. The van der Waals surface area contributed by atoms with E-state index in [0.717, 1.165) is 12.8 Å². The summed E-state index contributed by atoms with van der Waals surface area (Å²) in [7, 11) is 0. The van der Waals surface area contributed by atoms with Crippen LogP contribution in [-0.2, 0) is 9.53 Å². The van der Waals surface area contributed by atoms with E-state index < -0.39 is 29.3 Å². The highest BCUT2D eigenvalue weighted by Crippen LogP contribution is 2.64. The zero-order chi connectivity index (χ0) is 16.8. The van der Waals surface area contributed by atoms with Crippen molar-refractivity contribution >= 4 is 5.97 Å². The highest BCUT2D eigenvalue weighted by atomic mass is 19.1. The van der Waals surface area contributed by atoms with Gasteiger partial charge in [-0.2, -0.15) is 5.26 Å². The summed E-state index contributed by atoms with van der Waals surface area (Å²) in [6.45, 7) is 6.71. The van der Waals surface area contributed by atoms with E-state index in [-0.39, 0.29) is 17.8 Å². The summed E-state index contributed by atoms with van der Waals surface area (Å²) >= 11 is 0. The molecule has 0 unspecified atom stereocenters. The van der Waals surface area contributed by atoms with Crippen molar-refractivity contribution < 1.29 is 19.0 Å². The summed E-state index contributed by atoms with van der Waals surface area (Å²) in [6.07, 6.45) is 3.11. The molecule has 2 saturated carbocycles. The number of alkyl halides is 1. The number of carbonyl (C=O) groups is 1. The molecule has 0 bridgehead atoms. The summed E-state index contributed by atoms with van der Waals surface area (Å²) in [4.78, 5) is 11.2. The maximum absolute atomic E-state index is 16.1. The SMILES string of the molecule is CC(=O)OC[C@]1(F)[C@@]2(C)CCCC(C)(C)[C@@H]2CC[C@@]1(O)C#N. The second-order valence-electron chi connectivity index (χ2n) is 7.90. The van der Waals surface area contributed by atoms with Gasteiger partial charge in [0, 0.05) is 12.3 Å². The van der Waals surface area contributed by atoms with Crippen molar-refractivity contribution in [2.24, 2.45) is 16.7 Å². The van der Waals surface area contributed by atoms with Crippen LogP contribution in [0, 0.1) is 28.1 Å². The van der Waals surface area contributed by atoms with Crippen molar-refractivity contribution in [1.29, 1.82) is 5.26 Å². The van der Waals surface area contributed by atoms with Crippen molar-refractivity contribution in [1.82, 2.24) is 0 Å². The zero-order valence-electron chi connectivity index (χ0n) is 13.9. The van der Waals surface area contributed by atoms with Crippen LogP contribution < -0.4 is 0 Å². The molecule has 0 aliphatic heterocycles. The van der Waals surface area contributed by atoms with Crippen LogP contribution in [-0.4, -0.2) is 29.0 Å². The molecule has 4 atom stereocenters. The zero-order valence-corrected chi connectivity index (χ0v) is 13.9. The number of nitrogens with zero attached hydrogens (tertiary/aromatic N) is 1. The van der Waals surface area contributed by atoms with Crippen molar-refractivity contribution in [3.63, 3.8) is 0 Å². The largest absolute Gasteiger partial charge is 0.462 e. The molecular weight excluding hydrogens is 285 g/mol. The highest BCUT2D eigenvalue weighted by Gasteiger charge is 2.70. The first kappa shape index (κ1) is 17.2. The van der Waals surface area contributed by atoms with E-state index >= 15 is 4.39 Å². The molecule has 2 aliphatic rings. The number of hydrogen-bond donors (Lipinski definition) is 1. The number of aliphatic hydroxyl groups is 1. The molecule has 0 saturated heterocycles. The van der Waals surface area contributed by atoms with Gasteiger partial charge in [0.1, 0.15) is 12.7 Å². The number of carbonyl (C=O) groups excluding carboxylic acids is 1. The van der Waals surface area contributed by atoms with Crippen LogP contribution >= 0.6 is 0 Å². The van der Waals surface area contributed by atoms with Crippen LogP contribution in [0.5, 0.6) is 0 Å². The van der Waals surface area contributed by atoms with E-state index in [2.05, 4.69) is 13.8 Å². The van der Waals surface area contributed by atoms with Crippen LogP contribution in [0.2, 0.25) is 0 Å². The number of hydrogen-bond acceptors (Lipinski definition) is 4. The maximum Gasteiger partial charge on any atom is 0.302 e. The number of halogens is 1. The number of esters is 1. The molecule has 0 aromatic heterocycles. The molecule has 4 nitrogen and oxygen atoms in total. The van der Waals surface area contributed by atoms with Crippen LogP contribution in [0.4, 0.5) is 4.39 Å². The van der Waals surface area contributed by atoms with Crippen molar-refractivity contribution in [2.45, 2.75) is 71.1 Å². The van der Waals surface area contributed by atoms with Gasteiger partial charge in [-0.3, -0.25) is 4.79 Å². The van der Waals surface area contributed by atoms with E-state index in [0.29, 0.717) is 12.8 Å². The Morgan fingerprint density at radius 3 is 2.55 bits per heavy atom. The predicted octanol–water partition coefficient (Wildman–Crippen LogP) is 3.14. The first-order valence-corrected chi connectivity index (χ1v) is 7.98. The summed E-state index contributed by atoms with van der Waals surface area (Å²) in [5.74, 6) is -0.555. The third-order valence-electron chi connectivity index (χ3n) is 6.24. The fourth-order valence-corrected chi connectivity index (χ4v) is 4.96. The lowest BCUT2D eigenvalue weighted by Crippen LogP contribution is -2.70. The molecule has 5 heteroatoms. The minimum Gasteiger partial charge on any atom is -0.462 e. The first-order chi connectivity index (χ1) is 10.0. The fourth-order valence-electron chi connectivity index (χ4n) is 4.96. The molecule has 0 amide bonds. The summed E-state index contributed by atoms with van der Waals surface area (Å²) in [6, 6.07) is 1.77. The van der Waals surface area contributed by atoms with Crippen LogP contribution in [0.25, 0.3) is 0 Å². The molecule has 0 aromatic rings. The average molecular weight is 311 g/mol. The second-order valence-corrected chi connectivity index (χ2v) is 7.90. The Kier molecular flexibility index (Phi) is 4.06. The Labute approximate surface area is 131 Å². The van der Waals surface area contributed by atoms with Gasteiger partial charge in [-0.05, 0) is 37.0 Å². The van der Waals surface area contributed by atoms with Crippen molar-refractivity contribution in [2.75, 3.05) is 6.61 Å². The minimum atomic E-state index is -2.25. The van der Waals surface area contributed by atoms with Gasteiger partial charge in [0.2, 0.25) is 0 Å². The third kappa shape index (κ3) is 2.23. The van der Waals surface area contributed by atoms with E-state index in [9.17, 15) is 15.2 Å². The molecule has 0 spiro atoms. The molecule has 2 aliphatic carbocycles. The van der Waals surface area contributed by atoms with Crippen LogP contribution in [0.15, 0.2) is 0 Å². The van der Waals surface area contributed by atoms with Gasteiger partial charge in [-0.25, -0.2) is 4.39 Å². The molecule has 124 valence electrons. The van der Waals surface area contributed by atoms with Gasteiger partial charge in [0.15, 0.2) is 11.3 Å². The Bertz CT molecular complexity index is 515. The van der Waals surface area contributed by atoms with Gasteiger partial charge >= 0.3 is 5.97 Å². The highest BCUT2D eigenvalue weighted by molar-refractivity contribution is 5.66. The van der Waals surface area contributed by atoms with Crippen LogP contribution in [0.1, 0.15) is 59.8 Å². The van der Waals surface area contributed by atoms with Gasteiger partial charge in [0.25, 0.3) is 0 Å². The Hall–Kier alpha value is -1.15. The summed E-state index contributed by atoms with van der Waals surface area (Å²) in [5.41, 5.74) is -5.30. The standard InChI is InChI=1S/C17H26FNO3/c1-12(20)22-11-17(18)15(4)8-5-7-14(2,3)13(15)6-9-16(17,21)10-19/h13,21H,5-9,11H2,1-4H3/t13-,15-,16+,17-/m0/s1. The van der Waals surface area contributed by atoms with E-state index in [1.54, 1.807) is 6.07 Å². The monoisotopic (exact) mass is 311 g/mol. The lowest BCUT2D eigenvalue weighted by atomic mass is 9.44. The topological polar surface area (TPSA) is 70.3 Å². The minimum absolute atomic E-state index is 0.0444. The lowest BCUT2D eigenvalue weighted by molar-refractivity contribution is -0.239. The summed E-state index contributed by atoms with van der Waals surface area (Å²) < 4.78 is 21.0. The molecule has 22 heavy (non-hydrogen) atoms. The number of nitriles is 1. The third-order valence-corrected chi connectivity index (χ3v) is 6.24. The molecule has 0 heterocycles. The van der Waals surface area contributed by atoms with Gasteiger partial charge in [-0.15, -0.1) is 0 Å². The van der Waals surface area contributed by atoms with E-state index in [4.69, 9.17) is 4.74 Å². The average Bonchev–Trinajstić information content (AvgIpc) is 2.41. The summed E-state index contributed by atoms with van der Waals surface area (Å²) in [5, 5.41) is 20.1. The number of ether oxygens (including phenoxy) is 1. The fraction of sp³-hybridized carbons (Fsp3) is 0.882. The lowest BCUT2D eigenvalue weighted by Gasteiger charge is -2.62. The quantitative estimate of drug-likeness (QED) is 0.628. The van der Waals surface area contributed by atoms with Gasteiger partial charge < -0.3 is 9.84 Å². The van der Waals surface area contributed by atoms with Crippen LogP contribution in [0.3, 0.4) is 0 Å². The van der Waals surface area contributed by atoms with E-state index in [1.807, 2.05) is 6.92 Å². The first-order valence-electron chi connectivity index (χ1n) is 7.98. The molecule has 2 fully saturated rings. The number of rotatable bonds is 2.